The van der Waals surface area contributed by atoms with Crippen LogP contribution >= 0.6 is 22.7 Å². The molecule has 0 aliphatic carbocycles. The molecule has 0 saturated heterocycles. The SMILES string of the molecule is CC(NCCc1cccs1)c1nccs1. The first-order valence-corrected chi connectivity index (χ1v) is 6.77. The van der Waals surface area contributed by atoms with Crippen molar-refractivity contribution in [2.75, 3.05) is 6.54 Å². The van der Waals surface area contributed by atoms with Crippen LogP contribution in [0.3, 0.4) is 0 Å². The summed E-state index contributed by atoms with van der Waals surface area (Å²) in [7, 11) is 0. The van der Waals surface area contributed by atoms with Crippen LogP contribution in [0.2, 0.25) is 0 Å². The lowest BCUT2D eigenvalue weighted by atomic mass is 10.3. The summed E-state index contributed by atoms with van der Waals surface area (Å²) in [5, 5.41) is 8.79. The Kier molecular flexibility index (Phi) is 3.88. The highest BCUT2D eigenvalue weighted by molar-refractivity contribution is 7.10. The number of rotatable bonds is 5. The topological polar surface area (TPSA) is 24.9 Å². The van der Waals surface area contributed by atoms with Gasteiger partial charge in [0.15, 0.2) is 0 Å². The molecule has 1 atom stereocenters. The predicted octanol–water partition coefficient (Wildman–Crippen LogP) is 3.10. The Morgan fingerprint density at radius 2 is 2.33 bits per heavy atom. The zero-order chi connectivity index (χ0) is 10.5. The van der Waals surface area contributed by atoms with Crippen LogP contribution in [-0.2, 0) is 6.42 Å². The Morgan fingerprint density at radius 1 is 1.40 bits per heavy atom. The Balaban J connectivity index is 1.74. The van der Waals surface area contributed by atoms with E-state index in [1.54, 1.807) is 11.3 Å². The van der Waals surface area contributed by atoms with Crippen molar-refractivity contribution in [2.24, 2.45) is 0 Å². The van der Waals surface area contributed by atoms with E-state index in [-0.39, 0.29) is 0 Å². The van der Waals surface area contributed by atoms with Crippen molar-refractivity contribution in [3.63, 3.8) is 0 Å². The molecule has 4 heteroatoms. The lowest BCUT2D eigenvalue weighted by Crippen LogP contribution is -2.20. The molecule has 0 spiro atoms. The molecule has 0 bridgehead atoms. The van der Waals surface area contributed by atoms with Crippen LogP contribution < -0.4 is 5.32 Å². The average molecular weight is 238 g/mol. The molecule has 1 N–H and O–H groups in total. The molecule has 2 rings (SSSR count). The summed E-state index contributed by atoms with van der Waals surface area (Å²) in [5.41, 5.74) is 0. The van der Waals surface area contributed by atoms with Gasteiger partial charge in [0.2, 0.25) is 0 Å². The van der Waals surface area contributed by atoms with Gasteiger partial charge in [0.05, 0.1) is 6.04 Å². The van der Waals surface area contributed by atoms with Crippen LogP contribution in [0, 0.1) is 0 Å². The van der Waals surface area contributed by atoms with E-state index in [0.717, 1.165) is 13.0 Å². The predicted molar refractivity (Wildman–Crippen MR) is 66.6 cm³/mol. The Bertz CT molecular complexity index is 367. The second-order valence-corrected chi connectivity index (χ2v) is 5.33. The van der Waals surface area contributed by atoms with Crippen LogP contribution in [0.1, 0.15) is 22.9 Å². The maximum atomic E-state index is 4.29. The van der Waals surface area contributed by atoms with Crippen molar-refractivity contribution < 1.29 is 0 Å². The molecule has 15 heavy (non-hydrogen) atoms. The summed E-state index contributed by atoms with van der Waals surface area (Å²) in [6.07, 6.45) is 2.96. The van der Waals surface area contributed by atoms with E-state index < -0.39 is 0 Å². The van der Waals surface area contributed by atoms with Crippen LogP contribution in [0.25, 0.3) is 0 Å². The van der Waals surface area contributed by atoms with Gasteiger partial charge >= 0.3 is 0 Å². The number of aromatic nitrogens is 1. The van der Waals surface area contributed by atoms with E-state index in [1.165, 1.54) is 9.88 Å². The van der Waals surface area contributed by atoms with Gasteiger partial charge in [-0.15, -0.1) is 22.7 Å². The molecule has 0 aliphatic heterocycles. The molecule has 2 aromatic rings. The van der Waals surface area contributed by atoms with Crippen molar-refractivity contribution in [1.82, 2.24) is 10.3 Å². The summed E-state index contributed by atoms with van der Waals surface area (Å²) in [5.74, 6) is 0. The van der Waals surface area contributed by atoms with Crippen molar-refractivity contribution >= 4 is 22.7 Å². The van der Waals surface area contributed by atoms with Crippen molar-refractivity contribution in [2.45, 2.75) is 19.4 Å². The first-order valence-electron chi connectivity index (χ1n) is 5.01. The number of nitrogens with zero attached hydrogens (tertiary/aromatic N) is 1. The Hall–Kier alpha value is -0.710. The second-order valence-electron chi connectivity index (χ2n) is 3.38. The minimum atomic E-state index is 0.366. The standard InChI is InChI=1S/C11H14N2S2/c1-9(11-13-6-8-15-11)12-5-4-10-3-2-7-14-10/h2-3,6-9,12H,4-5H2,1H3. The lowest BCUT2D eigenvalue weighted by Gasteiger charge is -2.09. The first kappa shape index (κ1) is 10.8. The molecule has 0 aromatic carbocycles. The Labute approximate surface area is 98.0 Å². The molecule has 1 unspecified atom stereocenters. The third-order valence-electron chi connectivity index (χ3n) is 2.22. The molecule has 80 valence electrons. The fourth-order valence-electron chi connectivity index (χ4n) is 1.40. The minimum Gasteiger partial charge on any atom is -0.308 e. The van der Waals surface area contributed by atoms with Gasteiger partial charge in [-0.2, -0.15) is 0 Å². The fraction of sp³-hybridized carbons (Fsp3) is 0.364. The van der Waals surface area contributed by atoms with Crippen LogP contribution in [0.4, 0.5) is 0 Å². The molecule has 0 saturated carbocycles. The molecule has 0 radical (unpaired) electrons. The van der Waals surface area contributed by atoms with Gasteiger partial charge in [0.1, 0.15) is 5.01 Å². The molecule has 2 nitrogen and oxygen atoms in total. The van der Waals surface area contributed by atoms with E-state index in [1.807, 2.05) is 22.9 Å². The third-order valence-corrected chi connectivity index (χ3v) is 4.12. The van der Waals surface area contributed by atoms with E-state index in [9.17, 15) is 0 Å². The molecular weight excluding hydrogens is 224 g/mol. The van der Waals surface area contributed by atoms with Gasteiger partial charge in [-0.1, -0.05) is 6.07 Å². The number of hydrogen-bond acceptors (Lipinski definition) is 4. The highest BCUT2D eigenvalue weighted by Gasteiger charge is 2.06. The normalized spacial score (nSPS) is 12.9. The van der Waals surface area contributed by atoms with E-state index >= 15 is 0 Å². The van der Waals surface area contributed by atoms with Gasteiger partial charge in [-0.3, -0.25) is 0 Å². The summed E-state index contributed by atoms with van der Waals surface area (Å²) in [6, 6.07) is 4.65. The smallest absolute Gasteiger partial charge is 0.109 e. The number of thiazole rings is 1. The zero-order valence-corrected chi connectivity index (χ0v) is 10.3. The quantitative estimate of drug-likeness (QED) is 0.866. The second kappa shape index (κ2) is 5.39. The van der Waals surface area contributed by atoms with Crippen molar-refractivity contribution in [1.29, 1.82) is 0 Å². The van der Waals surface area contributed by atoms with Crippen LogP contribution in [0.15, 0.2) is 29.1 Å². The summed E-state index contributed by atoms with van der Waals surface area (Å²) in [4.78, 5) is 5.73. The molecule has 0 aliphatic rings. The number of hydrogen-bond donors (Lipinski definition) is 1. The van der Waals surface area contributed by atoms with E-state index in [2.05, 4.69) is 34.7 Å². The van der Waals surface area contributed by atoms with Crippen LogP contribution in [0.5, 0.6) is 0 Å². The largest absolute Gasteiger partial charge is 0.308 e. The van der Waals surface area contributed by atoms with Crippen molar-refractivity contribution in [3.8, 4) is 0 Å². The van der Waals surface area contributed by atoms with Gasteiger partial charge in [0.25, 0.3) is 0 Å². The maximum absolute atomic E-state index is 4.29. The fourth-order valence-corrected chi connectivity index (χ4v) is 2.78. The molecule has 0 fully saturated rings. The van der Waals surface area contributed by atoms with E-state index in [0.29, 0.717) is 6.04 Å². The summed E-state index contributed by atoms with van der Waals surface area (Å²) in [6.45, 7) is 3.18. The number of nitrogens with one attached hydrogen (secondary N) is 1. The highest BCUT2D eigenvalue weighted by Crippen LogP contribution is 2.15. The monoisotopic (exact) mass is 238 g/mol. The lowest BCUT2D eigenvalue weighted by molar-refractivity contribution is 0.576. The third kappa shape index (κ3) is 3.12. The first-order chi connectivity index (χ1) is 7.36. The summed E-state index contributed by atoms with van der Waals surface area (Å²) < 4.78 is 0. The van der Waals surface area contributed by atoms with E-state index in [4.69, 9.17) is 0 Å². The molecule has 0 amide bonds. The number of thiophene rings is 1. The van der Waals surface area contributed by atoms with Gasteiger partial charge in [-0.25, -0.2) is 4.98 Å². The molecule has 2 aromatic heterocycles. The Morgan fingerprint density at radius 3 is 3.00 bits per heavy atom. The zero-order valence-electron chi connectivity index (χ0n) is 8.64. The highest BCUT2D eigenvalue weighted by atomic mass is 32.1. The van der Waals surface area contributed by atoms with Gasteiger partial charge < -0.3 is 5.32 Å². The average Bonchev–Trinajstić information content (AvgIpc) is 2.90. The van der Waals surface area contributed by atoms with Gasteiger partial charge in [0, 0.05) is 23.0 Å². The molecular formula is C11H14N2S2. The molecule has 2 heterocycles. The van der Waals surface area contributed by atoms with Crippen molar-refractivity contribution in [3.05, 3.63) is 39.0 Å². The summed E-state index contributed by atoms with van der Waals surface area (Å²) >= 11 is 3.53. The maximum Gasteiger partial charge on any atom is 0.109 e. The van der Waals surface area contributed by atoms with Gasteiger partial charge in [-0.05, 0) is 24.8 Å². The minimum absolute atomic E-state index is 0.366. The van der Waals surface area contributed by atoms with Crippen LogP contribution in [-0.4, -0.2) is 11.5 Å².